The minimum Gasteiger partial charge on any atom is -0.320 e. The van der Waals surface area contributed by atoms with Crippen LogP contribution in [0, 0.1) is 17.0 Å². The second kappa shape index (κ2) is 5.57. The Bertz CT molecular complexity index is 611. The molecule has 19 heavy (non-hydrogen) atoms. The third-order valence-electron chi connectivity index (χ3n) is 2.45. The predicted octanol–water partition coefficient (Wildman–Crippen LogP) is 2.54. The number of rotatable bonds is 4. The summed E-state index contributed by atoms with van der Waals surface area (Å²) in [5, 5.41) is 15.2. The number of thiazole rings is 1. The van der Waals surface area contributed by atoms with Crippen LogP contribution < -0.4 is 5.32 Å². The minimum absolute atomic E-state index is 0.105. The molecule has 0 aliphatic carbocycles. The van der Waals surface area contributed by atoms with Crippen molar-refractivity contribution in [1.82, 2.24) is 4.98 Å². The smallest absolute Gasteiger partial charge is 0.293 e. The van der Waals surface area contributed by atoms with Crippen molar-refractivity contribution >= 4 is 28.6 Å². The Kier molecular flexibility index (Phi) is 3.86. The molecule has 1 N–H and O–H groups in total. The Morgan fingerprint density at radius 1 is 1.53 bits per heavy atom. The van der Waals surface area contributed by atoms with E-state index in [1.54, 1.807) is 23.9 Å². The molecule has 0 bridgehead atoms. The molecule has 1 heterocycles. The van der Waals surface area contributed by atoms with Crippen molar-refractivity contribution < 1.29 is 9.72 Å². The molecule has 6 nitrogen and oxygen atoms in total. The van der Waals surface area contributed by atoms with Gasteiger partial charge in [0.05, 0.1) is 22.5 Å². The number of carbonyl (C=O) groups is 1. The number of carbonyl (C=O) groups excluding carboxylic acids is 1. The maximum absolute atomic E-state index is 11.8. The van der Waals surface area contributed by atoms with Crippen molar-refractivity contribution in [3.05, 3.63) is 50.5 Å². The lowest BCUT2D eigenvalue weighted by atomic mass is 10.2. The van der Waals surface area contributed by atoms with E-state index in [4.69, 9.17) is 0 Å². The Hall–Kier alpha value is -2.28. The van der Waals surface area contributed by atoms with E-state index in [-0.39, 0.29) is 23.7 Å². The number of hydrogen-bond donors (Lipinski definition) is 1. The number of nitrogens with zero attached hydrogens (tertiary/aromatic N) is 2. The van der Waals surface area contributed by atoms with Gasteiger partial charge in [-0.1, -0.05) is 6.07 Å². The maximum atomic E-state index is 11.8. The van der Waals surface area contributed by atoms with Crippen LogP contribution in [0.25, 0.3) is 0 Å². The molecule has 0 fully saturated rings. The Morgan fingerprint density at radius 3 is 2.95 bits per heavy atom. The topological polar surface area (TPSA) is 85.1 Å². The van der Waals surface area contributed by atoms with Crippen molar-refractivity contribution in [2.24, 2.45) is 0 Å². The SMILES string of the molecule is Cc1ccc(NC(=O)Cc2cscn2)c([N+](=O)[O-])c1. The first kappa shape index (κ1) is 13.2. The lowest BCUT2D eigenvalue weighted by Gasteiger charge is -2.05. The van der Waals surface area contributed by atoms with Gasteiger partial charge >= 0.3 is 0 Å². The number of nitro groups is 1. The number of hydrogen-bond acceptors (Lipinski definition) is 5. The summed E-state index contributed by atoms with van der Waals surface area (Å²) < 4.78 is 0. The normalized spacial score (nSPS) is 10.2. The van der Waals surface area contributed by atoms with Crippen LogP contribution in [0.1, 0.15) is 11.3 Å². The third kappa shape index (κ3) is 3.35. The average Bonchev–Trinajstić information content (AvgIpc) is 2.83. The molecule has 0 spiro atoms. The molecular formula is C12H11N3O3S. The summed E-state index contributed by atoms with van der Waals surface area (Å²) in [4.78, 5) is 26.2. The molecule has 1 aromatic carbocycles. The molecule has 1 aromatic heterocycles. The highest BCUT2D eigenvalue weighted by atomic mass is 32.1. The molecule has 0 unspecified atom stereocenters. The van der Waals surface area contributed by atoms with Crippen molar-refractivity contribution in [2.45, 2.75) is 13.3 Å². The number of anilines is 1. The number of nitrogens with one attached hydrogen (secondary N) is 1. The minimum atomic E-state index is -0.508. The van der Waals surface area contributed by atoms with Crippen molar-refractivity contribution in [3.8, 4) is 0 Å². The number of aromatic nitrogens is 1. The largest absolute Gasteiger partial charge is 0.320 e. The zero-order valence-electron chi connectivity index (χ0n) is 10.1. The second-order valence-electron chi connectivity index (χ2n) is 3.98. The molecule has 0 aliphatic rings. The van der Waals surface area contributed by atoms with Crippen molar-refractivity contribution in [1.29, 1.82) is 0 Å². The van der Waals surface area contributed by atoms with Gasteiger partial charge in [-0.05, 0) is 18.6 Å². The molecule has 98 valence electrons. The van der Waals surface area contributed by atoms with Crippen molar-refractivity contribution in [2.75, 3.05) is 5.32 Å². The summed E-state index contributed by atoms with van der Waals surface area (Å²) in [7, 11) is 0. The highest BCUT2D eigenvalue weighted by Gasteiger charge is 2.16. The van der Waals surface area contributed by atoms with E-state index in [0.29, 0.717) is 5.69 Å². The van der Waals surface area contributed by atoms with Gasteiger partial charge in [-0.15, -0.1) is 11.3 Å². The fourth-order valence-electron chi connectivity index (χ4n) is 1.58. The lowest BCUT2D eigenvalue weighted by molar-refractivity contribution is -0.384. The molecule has 2 rings (SSSR count). The third-order valence-corrected chi connectivity index (χ3v) is 3.08. The van der Waals surface area contributed by atoms with E-state index in [2.05, 4.69) is 10.3 Å². The molecule has 0 saturated heterocycles. The summed E-state index contributed by atoms with van der Waals surface area (Å²) in [6.07, 6.45) is 0.106. The highest BCUT2D eigenvalue weighted by Crippen LogP contribution is 2.25. The fourth-order valence-corrected chi connectivity index (χ4v) is 2.14. The van der Waals surface area contributed by atoms with E-state index in [1.165, 1.54) is 23.5 Å². The van der Waals surface area contributed by atoms with Crippen LogP contribution in [0.3, 0.4) is 0 Å². The van der Waals surface area contributed by atoms with Crippen LogP contribution in [0.2, 0.25) is 0 Å². The quantitative estimate of drug-likeness (QED) is 0.687. The molecule has 1 amide bonds. The summed E-state index contributed by atoms with van der Waals surface area (Å²) >= 11 is 1.40. The number of benzene rings is 1. The van der Waals surface area contributed by atoms with Crippen LogP contribution >= 0.6 is 11.3 Å². The molecule has 0 aliphatic heterocycles. The van der Waals surface area contributed by atoms with E-state index >= 15 is 0 Å². The van der Waals surface area contributed by atoms with Crippen LogP contribution in [0.5, 0.6) is 0 Å². The fraction of sp³-hybridized carbons (Fsp3) is 0.167. The van der Waals surface area contributed by atoms with E-state index in [9.17, 15) is 14.9 Å². The monoisotopic (exact) mass is 277 g/mol. The molecule has 0 atom stereocenters. The average molecular weight is 277 g/mol. The zero-order chi connectivity index (χ0) is 13.8. The molecular weight excluding hydrogens is 266 g/mol. The maximum Gasteiger partial charge on any atom is 0.293 e. The van der Waals surface area contributed by atoms with E-state index < -0.39 is 4.92 Å². The van der Waals surface area contributed by atoms with Gasteiger partial charge in [0.15, 0.2) is 0 Å². The Morgan fingerprint density at radius 2 is 2.32 bits per heavy atom. The van der Waals surface area contributed by atoms with Crippen LogP contribution in [-0.2, 0) is 11.2 Å². The Labute approximate surface area is 113 Å². The summed E-state index contributed by atoms with van der Waals surface area (Å²) in [5.41, 5.74) is 3.15. The summed E-state index contributed by atoms with van der Waals surface area (Å²) in [6, 6.07) is 4.68. The van der Waals surface area contributed by atoms with Gasteiger partial charge in [0.2, 0.25) is 5.91 Å². The Balaban J connectivity index is 2.14. The van der Waals surface area contributed by atoms with Crippen molar-refractivity contribution in [3.63, 3.8) is 0 Å². The molecule has 0 radical (unpaired) electrons. The first-order valence-electron chi connectivity index (χ1n) is 5.48. The summed E-state index contributed by atoms with van der Waals surface area (Å²) in [5.74, 6) is -0.321. The van der Waals surface area contributed by atoms with Gasteiger partial charge in [0.1, 0.15) is 5.69 Å². The number of nitro benzene ring substituents is 1. The molecule has 7 heteroatoms. The van der Waals surface area contributed by atoms with Gasteiger partial charge in [-0.2, -0.15) is 0 Å². The van der Waals surface area contributed by atoms with Crippen LogP contribution in [0.15, 0.2) is 29.1 Å². The van der Waals surface area contributed by atoms with Gasteiger partial charge in [-0.3, -0.25) is 14.9 Å². The zero-order valence-corrected chi connectivity index (χ0v) is 10.9. The first-order chi connectivity index (χ1) is 9.06. The predicted molar refractivity (Wildman–Crippen MR) is 72.3 cm³/mol. The lowest BCUT2D eigenvalue weighted by Crippen LogP contribution is -2.15. The van der Waals surface area contributed by atoms with Gasteiger partial charge in [0.25, 0.3) is 5.69 Å². The summed E-state index contributed by atoms with van der Waals surface area (Å²) in [6.45, 7) is 1.76. The van der Waals surface area contributed by atoms with Gasteiger partial charge < -0.3 is 5.32 Å². The second-order valence-corrected chi connectivity index (χ2v) is 4.70. The van der Waals surface area contributed by atoms with Crippen LogP contribution in [-0.4, -0.2) is 15.8 Å². The molecule has 0 saturated carbocycles. The van der Waals surface area contributed by atoms with Crippen LogP contribution in [0.4, 0.5) is 11.4 Å². The number of aryl methyl sites for hydroxylation is 1. The molecule has 2 aromatic rings. The van der Waals surface area contributed by atoms with Gasteiger partial charge in [-0.25, -0.2) is 4.98 Å². The highest BCUT2D eigenvalue weighted by molar-refractivity contribution is 7.07. The van der Waals surface area contributed by atoms with E-state index in [0.717, 1.165) is 5.56 Å². The van der Waals surface area contributed by atoms with Gasteiger partial charge in [0, 0.05) is 11.4 Å². The standard InChI is InChI=1S/C12H11N3O3S/c1-8-2-3-10(11(4-8)15(17)18)14-12(16)5-9-6-19-7-13-9/h2-4,6-7H,5H2,1H3,(H,14,16). The van der Waals surface area contributed by atoms with E-state index in [1.807, 2.05) is 0 Å². The first-order valence-corrected chi connectivity index (χ1v) is 6.42. The number of amides is 1.